The van der Waals surface area contributed by atoms with E-state index in [9.17, 15) is 8.42 Å². The lowest BCUT2D eigenvalue weighted by Gasteiger charge is -1.98. The van der Waals surface area contributed by atoms with Gasteiger partial charge in [0.05, 0.1) is 10.6 Å². The second-order valence-electron chi connectivity index (χ2n) is 2.62. The normalized spacial score (nSPS) is 11.5. The molecular weight excluding hydrogens is 222 g/mol. The molecular formula is C6H5N5O3S. The molecule has 0 amide bonds. The summed E-state index contributed by atoms with van der Waals surface area (Å²) >= 11 is 0. The molecule has 0 spiro atoms. The fraction of sp³-hybridized carbons (Fsp3) is 0. The van der Waals surface area contributed by atoms with Crippen molar-refractivity contribution in [3.05, 3.63) is 24.3 Å². The van der Waals surface area contributed by atoms with Crippen LogP contribution in [-0.4, -0.2) is 38.6 Å². The Morgan fingerprint density at radius 1 is 1.07 bits per heavy atom. The van der Waals surface area contributed by atoms with Crippen molar-refractivity contribution in [2.24, 2.45) is 0 Å². The van der Waals surface area contributed by atoms with Crippen LogP contribution in [0.25, 0.3) is 5.69 Å². The Morgan fingerprint density at radius 2 is 1.60 bits per heavy atom. The molecule has 1 aromatic heterocycles. The van der Waals surface area contributed by atoms with Gasteiger partial charge in [-0.3, -0.25) is 4.55 Å². The summed E-state index contributed by atoms with van der Waals surface area (Å²) in [6, 6.07) is 5.31. The molecule has 0 fully saturated rings. The molecule has 1 N–H and O–H groups in total. The Morgan fingerprint density at radius 3 is 2.07 bits per heavy atom. The van der Waals surface area contributed by atoms with Gasteiger partial charge in [0.25, 0.3) is 10.1 Å². The molecule has 78 valence electrons. The van der Waals surface area contributed by atoms with Crippen LogP contribution in [0.4, 0.5) is 0 Å². The summed E-state index contributed by atoms with van der Waals surface area (Å²) < 4.78 is 30.2. The molecule has 0 aliphatic heterocycles. The summed E-state index contributed by atoms with van der Waals surface area (Å²) in [6.07, 6.45) is 0. The van der Waals surface area contributed by atoms with Crippen molar-refractivity contribution in [3.63, 3.8) is 0 Å². The lowest BCUT2D eigenvalue weighted by Crippen LogP contribution is -2.01. The van der Waals surface area contributed by atoms with Crippen LogP contribution in [0.1, 0.15) is 0 Å². The molecule has 0 radical (unpaired) electrons. The van der Waals surface area contributed by atoms with E-state index in [1.165, 1.54) is 24.3 Å². The largest absolute Gasteiger partial charge is 0.294 e. The van der Waals surface area contributed by atoms with Crippen LogP contribution in [0.15, 0.2) is 29.2 Å². The van der Waals surface area contributed by atoms with Crippen molar-refractivity contribution in [1.29, 1.82) is 0 Å². The smallest absolute Gasteiger partial charge is 0.282 e. The molecule has 0 bridgehead atoms. The first kappa shape index (κ1) is 9.68. The highest BCUT2D eigenvalue weighted by Crippen LogP contribution is 2.11. The van der Waals surface area contributed by atoms with Crippen LogP contribution in [-0.2, 0) is 10.1 Å². The van der Waals surface area contributed by atoms with Crippen molar-refractivity contribution < 1.29 is 13.0 Å². The maximum atomic E-state index is 10.7. The highest BCUT2D eigenvalue weighted by Gasteiger charge is 2.09. The molecule has 0 unspecified atom stereocenters. The van der Waals surface area contributed by atoms with Crippen LogP contribution in [0.2, 0.25) is 0 Å². The van der Waals surface area contributed by atoms with E-state index in [0.29, 0.717) is 5.69 Å². The number of aromatic nitrogens is 5. The number of rotatable bonds is 2. The Labute approximate surface area is 84.3 Å². The van der Waals surface area contributed by atoms with Gasteiger partial charge >= 0.3 is 0 Å². The average Bonchev–Trinajstić information content (AvgIpc) is 2.69. The van der Waals surface area contributed by atoms with Gasteiger partial charge < -0.3 is 0 Å². The zero-order chi connectivity index (χ0) is 10.9. The van der Waals surface area contributed by atoms with E-state index in [1.54, 1.807) is 0 Å². The van der Waals surface area contributed by atoms with E-state index in [2.05, 4.69) is 20.9 Å². The summed E-state index contributed by atoms with van der Waals surface area (Å²) in [5.41, 5.74) is 0.493. The molecule has 0 aliphatic carbocycles. The fourth-order valence-corrected chi connectivity index (χ4v) is 1.46. The van der Waals surface area contributed by atoms with E-state index >= 15 is 0 Å². The second-order valence-corrected chi connectivity index (χ2v) is 4.04. The summed E-state index contributed by atoms with van der Waals surface area (Å²) in [4.78, 5) is 0.924. The van der Waals surface area contributed by atoms with Gasteiger partial charge in [0.1, 0.15) is 0 Å². The highest BCUT2D eigenvalue weighted by atomic mass is 32.2. The first-order valence-electron chi connectivity index (χ1n) is 3.77. The number of benzene rings is 1. The first-order valence-corrected chi connectivity index (χ1v) is 5.21. The Kier molecular flexibility index (Phi) is 2.17. The van der Waals surface area contributed by atoms with Gasteiger partial charge in [0.15, 0.2) is 0 Å². The van der Waals surface area contributed by atoms with Crippen LogP contribution in [0.5, 0.6) is 0 Å². The van der Waals surface area contributed by atoms with Crippen LogP contribution < -0.4 is 0 Å². The standard InChI is InChI=1S/C6H5N5O3S/c12-15(13,14)6-3-1-5(2-4-6)11-9-7-8-10-11/h1-4H,(H,12,13,14). The zero-order valence-corrected chi connectivity index (χ0v) is 8.03. The van der Waals surface area contributed by atoms with Crippen molar-refractivity contribution in [2.45, 2.75) is 4.90 Å². The molecule has 15 heavy (non-hydrogen) atoms. The lowest BCUT2D eigenvalue weighted by atomic mass is 10.3. The van der Waals surface area contributed by atoms with Gasteiger partial charge in [0.2, 0.25) is 0 Å². The molecule has 2 aromatic rings. The minimum absolute atomic E-state index is 0.195. The summed E-state index contributed by atoms with van der Waals surface area (Å²) in [7, 11) is -4.17. The average molecular weight is 227 g/mol. The van der Waals surface area contributed by atoms with Crippen LogP contribution in [0.3, 0.4) is 0 Å². The van der Waals surface area contributed by atoms with Gasteiger partial charge in [-0.15, -0.1) is 4.80 Å². The van der Waals surface area contributed by atoms with Crippen molar-refractivity contribution >= 4 is 10.1 Å². The van der Waals surface area contributed by atoms with E-state index in [-0.39, 0.29) is 4.90 Å². The van der Waals surface area contributed by atoms with E-state index in [4.69, 9.17) is 4.55 Å². The number of hydrogen-bond acceptors (Lipinski definition) is 6. The third-order valence-electron chi connectivity index (χ3n) is 1.65. The predicted octanol–water partition coefficient (Wildman–Crippen LogP) is -0.696. The molecule has 1 aromatic carbocycles. The first-order chi connectivity index (χ1) is 7.07. The zero-order valence-electron chi connectivity index (χ0n) is 7.22. The minimum Gasteiger partial charge on any atom is -0.282 e. The monoisotopic (exact) mass is 227 g/mol. The third kappa shape index (κ3) is 1.97. The maximum Gasteiger partial charge on any atom is 0.294 e. The Hall–Kier alpha value is -1.87. The number of nitrogens with zero attached hydrogens (tertiary/aromatic N) is 5. The van der Waals surface area contributed by atoms with Crippen molar-refractivity contribution in [2.75, 3.05) is 0 Å². The van der Waals surface area contributed by atoms with Crippen molar-refractivity contribution in [1.82, 2.24) is 25.7 Å². The summed E-state index contributed by atoms with van der Waals surface area (Å²) in [5, 5.41) is 13.5. The lowest BCUT2D eigenvalue weighted by molar-refractivity contribution is 0.483. The minimum atomic E-state index is -4.17. The Balaban J connectivity index is 2.42. The molecule has 0 atom stereocenters. The van der Waals surface area contributed by atoms with E-state index in [0.717, 1.165) is 4.80 Å². The quantitative estimate of drug-likeness (QED) is 0.675. The molecule has 1 heterocycles. The summed E-state index contributed by atoms with van der Waals surface area (Å²) in [5.74, 6) is 0. The van der Waals surface area contributed by atoms with E-state index < -0.39 is 10.1 Å². The predicted molar refractivity (Wildman–Crippen MR) is 46.8 cm³/mol. The maximum absolute atomic E-state index is 10.7. The third-order valence-corrected chi connectivity index (χ3v) is 2.52. The highest BCUT2D eigenvalue weighted by molar-refractivity contribution is 7.85. The van der Waals surface area contributed by atoms with Crippen LogP contribution >= 0.6 is 0 Å². The Bertz CT molecular complexity index is 547. The molecule has 0 aliphatic rings. The topological polar surface area (TPSA) is 111 Å². The second kappa shape index (κ2) is 3.37. The molecule has 0 saturated carbocycles. The van der Waals surface area contributed by atoms with Crippen LogP contribution in [0, 0.1) is 0 Å². The molecule has 8 nitrogen and oxygen atoms in total. The summed E-state index contributed by atoms with van der Waals surface area (Å²) in [6.45, 7) is 0. The van der Waals surface area contributed by atoms with Gasteiger partial charge in [-0.1, -0.05) is 0 Å². The molecule has 2 rings (SSSR count). The van der Waals surface area contributed by atoms with E-state index in [1.807, 2.05) is 0 Å². The molecule has 0 saturated heterocycles. The SMILES string of the molecule is O=S(=O)(O)c1ccc(-n2nnnn2)cc1. The van der Waals surface area contributed by atoms with Crippen molar-refractivity contribution in [3.8, 4) is 5.69 Å². The fourth-order valence-electron chi connectivity index (χ4n) is 0.984. The van der Waals surface area contributed by atoms with Gasteiger partial charge in [-0.25, -0.2) is 0 Å². The van der Waals surface area contributed by atoms with Gasteiger partial charge in [0, 0.05) is 0 Å². The van der Waals surface area contributed by atoms with Gasteiger partial charge in [-0.05, 0) is 45.1 Å². The number of hydrogen-bond donors (Lipinski definition) is 1. The van der Waals surface area contributed by atoms with Gasteiger partial charge in [-0.2, -0.15) is 8.42 Å². The molecule has 9 heteroatoms.